The first kappa shape index (κ1) is 21.6. The highest BCUT2D eigenvalue weighted by Crippen LogP contribution is 2.37. The van der Waals surface area contributed by atoms with E-state index < -0.39 is 43.1 Å². The van der Waals surface area contributed by atoms with E-state index in [9.17, 15) is 26.3 Å². The first-order chi connectivity index (χ1) is 12.7. The van der Waals surface area contributed by atoms with E-state index in [1.807, 2.05) is 13.0 Å². The third-order valence-electron chi connectivity index (χ3n) is 4.60. The minimum atomic E-state index is -3.44. The molecule has 0 N–H and O–H groups in total. The maximum atomic E-state index is 14.0. The van der Waals surface area contributed by atoms with Gasteiger partial charge in [-0.25, -0.2) is 8.78 Å². The largest absolute Gasteiger partial charge is 0.429 e. The second kappa shape index (κ2) is 9.48. The number of hydrogen-bond donors (Lipinski definition) is 0. The van der Waals surface area contributed by atoms with Gasteiger partial charge in [-0.1, -0.05) is 12.2 Å². The molecule has 0 unspecified atom stereocenters. The van der Waals surface area contributed by atoms with Crippen molar-refractivity contribution in [1.29, 1.82) is 0 Å². The van der Waals surface area contributed by atoms with Crippen LogP contribution in [0.3, 0.4) is 0 Å². The van der Waals surface area contributed by atoms with Gasteiger partial charge < -0.3 is 9.47 Å². The first-order valence-corrected chi connectivity index (χ1v) is 8.77. The number of alkyl halides is 4. The van der Waals surface area contributed by atoms with Crippen molar-refractivity contribution in [2.45, 2.75) is 58.4 Å². The summed E-state index contributed by atoms with van der Waals surface area (Å²) in [6, 6.07) is 1.28. The molecular weight excluding hydrogens is 374 g/mol. The molecule has 0 aromatic heterocycles. The molecule has 1 saturated carbocycles. The maximum Gasteiger partial charge on any atom is 0.387 e. The van der Waals surface area contributed by atoms with Crippen molar-refractivity contribution in [3.8, 4) is 5.75 Å². The molecule has 0 aliphatic heterocycles. The van der Waals surface area contributed by atoms with E-state index in [2.05, 4.69) is 15.5 Å². The predicted molar refractivity (Wildman–Crippen MR) is 87.6 cm³/mol. The van der Waals surface area contributed by atoms with Crippen LogP contribution in [0.2, 0.25) is 0 Å². The highest BCUT2D eigenvalue weighted by Gasteiger charge is 2.35. The summed E-state index contributed by atoms with van der Waals surface area (Å²) in [7, 11) is 0. The van der Waals surface area contributed by atoms with Gasteiger partial charge in [-0.05, 0) is 62.1 Å². The number of hydrogen-bond acceptors (Lipinski definition) is 2. The fraction of sp³-hybridized carbons (Fsp3) is 0.579. The number of benzene rings is 1. The fourth-order valence-electron chi connectivity index (χ4n) is 3.34. The quantitative estimate of drug-likeness (QED) is 0.371. The average Bonchev–Trinajstić information content (AvgIpc) is 2.58. The van der Waals surface area contributed by atoms with Crippen LogP contribution in [0.25, 0.3) is 0 Å². The van der Waals surface area contributed by atoms with Gasteiger partial charge in [-0.2, -0.15) is 17.6 Å². The molecule has 0 atom stereocenters. The van der Waals surface area contributed by atoms with Crippen LogP contribution < -0.4 is 4.74 Å². The maximum absolute atomic E-state index is 14.0. The summed E-state index contributed by atoms with van der Waals surface area (Å²) in [5, 5.41) is 0. The smallest absolute Gasteiger partial charge is 0.387 e. The second-order valence-corrected chi connectivity index (χ2v) is 6.70. The summed E-state index contributed by atoms with van der Waals surface area (Å²) in [5.41, 5.74) is -0.233. The van der Waals surface area contributed by atoms with E-state index in [1.54, 1.807) is 0 Å². The van der Waals surface area contributed by atoms with Crippen molar-refractivity contribution in [3.05, 3.63) is 41.5 Å². The molecule has 0 radical (unpaired) electrons. The van der Waals surface area contributed by atoms with Crippen LogP contribution in [0, 0.1) is 23.5 Å². The molecule has 1 aliphatic carbocycles. The Morgan fingerprint density at radius 2 is 1.70 bits per heavy atom. The average molecular weight is 396 g/mol. The van der Waals surface area contributed by atoms with Crippen LogP contribution in [0.1, 0.15) is 44.6 Å². The Bertz CT molecular complexity index is 616. The summed E-state index contributed by atoms with van der Waals surface area (Å²) in [6.07, 6.45) is 3.14. The standard InChI is InChI=1S/C19H22F6O2/c1-2-3-12-4-6-13(7-5-12)10-19(24,25)26-11-14-8-15(20)17(16(21)9-14)27-18(22)23/h2-3,8-9,12-13,18H,4-7,10-11H2,1H3/b3-2+. The molecule has 0 saturated heterocycles. The second-order valence-electron chi connectivity index (χ2n) is 6.70. The van der Waals surface area contributed by atoms with Crippen LogP contribution in [-0.2, 0) is 11.3 Å². The lowest BCUT2D eigenvalue weighted by Crippen LogP contribution is -2.27. The molecule has 1 fully saturated rings. The molecule has 0 bridgehead atoms. The van der Waals surface area contributed by atoms with Crippen LogP contribution in [0.4, 0.5) is 26.3 Å². The van der Waals surface area contributed by atoms with Crippen molar-refractivity contribution in [3.63, 3.8) is 0 Å². The van der Waals surface area contributed by atoms with E-state index in [1.165, 1.54) is 0 Å². The molecule has 2 nitrogen and oxygen atoms in total. The lowest BCUT2D eigenvalue weighted by molar-refractivity contribution is -0.256. The van der Waals surface area contributed by atoms with Crippen molar-refractivity contribution >= 4 is 0 Å². The van der Waals surface area contributed by atoms with E-state index in [-0.39, 0.29) is 11.5 Å². The molecule has 0 amide bonds. The molecule has 27 heavy (non-hydrogen) atoms. The Kier molecular flexibility index (Phi) is 7.59. The van der Waals surface area contributed by atoms with Gasteiger partial charge >= 0.3 is 12.7 Å². The van der Waals surface area contributed by atoms with Gasteiger partial charge in [0.1, 0.15) is 0 Å². The highest BCUT2D eigenvalue weighted by atomic mass is 19.3. The zero-order chi connectivity index (χ0) is 20.0. The zero-order valence-electron chi connectivity index (χ0n) is 14.9. The normalized spacial score (nSPS) is 21.2. The molecule has 0 heterocycles. The van der Waals surface area contributed by atoms with Crippen LogP contribution in [-0.4, -0.2) is 12.7 Å². The summed E-state index contributed by atoms with van der Waals surface area (Å²) < 4.78 is 87.8. The van der Waals surface area contributed by atoms with E-state index in [4.69, 9.17) is 0 Å². The molecule has 1 aliphatic rings. The predicted octanol–water partition coefficient (Wildman–Crippen LogP) is 6.45. The third-order valence-corrected chi connectivity index (χ3v) is 4.60. The minimum absolute atomic E-state index is 0.184. The van der Waals surface area contributed by atoms with Crippen LogP contribution >= 0.6 is 0 Å². The van der Waals surface area contributed by atoms with Gasteiger partial charge in [0.05, 0.1) is 6.61 Å². The Morgan fingerprint density at radius 3 is 2.22 bits per heavy atom. The summed E-state index contributed by atoms with van der Waals surface area (Å²) in [4.78, 5) is 0. The molecule has 1 aromatic rings. The van der Waals surface area contributed by atoms with E-state index in [0.29, 0.717) is 30.9 Å². The van der Waals surface area contributed by atoms with Gasteiger partial charge in [0.2, 0.25) is 0 Å². The molecule has 1 aromatic carbocycles. The van der Waals surface area contributed by atoms with Gasteiger partial charge in [-0.15, -0.1) is 0 Å². The Morgan fingerprint density at radius 1 is 1.11 bits per heavy atom. The molecule has 0 spiro atoms. The summed E-state index contributed by atoms with van der Waals surface area (Å²) >= 11 is 0. The number of rotatable bonds is 8. The summed E-state index contributed by atoms with van der Waals surface area (Å²) in [6.45, 7) is -2.22. The molecule has 2 rings (SSSR count). The zero-order valence-corrected chi connectivity index (χ0v) is 14.9. The van der Waals surface area contributed by atoms with Gasteiger partial charge in [-0.3, -0.25) is 0 Å². The number of ether oxygens (including phenoxy) is 2. The van der Waals surface area contributed by atoms with Crippen molar-refractivity contribution in [2.75, 3.05) is 0 Å². The van der Waals surface area contributed by atoms with Crippen molar-refractivity contribution in [1.82, 2.24) is 0 Å². The first-order valence-electron chi connectivity index (χ1n) is 8.77. The van der Waals surface area contributed by atoms with E-state index >= 15 is 0 Å². The summed E-state index contributed by atoms with van der Waals surface area (Å²) in [5.74, 6) is -3.82. The fourth-order valence-corrected chi connectivity index (χ4v) is 3.34. The lowest BCUT2D eigenvalue weighted by atomic mass is 9.80. The Hall–Kier alpha value is -1.70. The van der Waals surface area contributed by atoms with Crippen LogP contribution in [0.5, 0.6) is 5.75 Å². The van der Waals surface area contributed by atoms with Gasteiger partial charge in [0.25, 0.3) is 0 Å². The van der Waals surface area contributed by atoms with Crippen molar-refractivity contribution in [2.24, 2.45) is 11.8 Å². The molecule has 8 heteroatoms. The molecule has 152 valence electrons. The van der Waals surface area contributed by atoms with Crippen molar-refractivity contribution < 1.29 is 35.8 Å². The lowest BCUT2D eigenvalue weighted by Gasteiger charge is -2.29. The number of halogens is 6. The highest BCUT2D eigenvalue weighted by molar-refractivity contribution is 5.31. The molecular formula is C19H22F6O2. The minimum Gasteiger partial charge on any atom is -0.429 e. The Labute approximate surface area is 154 Å². The number of allylic oxidation sites excluding steroid dienone is 2. The monoisotopic (exact) mass is 396 g/mol. The third kappa shape index (κ3) is 6.75. The van der Waals surface area contributed by atoms with Crippen LogP contribution in [0.15, 0.2) is 24.3 Å². The van der Waals surface area contributed by atoms with Gasteiger partial charge in [0.15, 0.2) is 17.4 Å². The topological polar surface area (TPSA) is 18.5 Å². The Balaban J connectivity index is 1.89. The van der Waals surface area contributed by atoms with Gasteiger partial charge in [0, 0.05) is 6.42 Å². The SMILES string of the molecule is C/C=C/C1CCC(CC(F)(F)OCc2cc(F)c(OC(F)F)c(F)c2)CC1. The van der Waals surface area contributed by atoms with E-state index in [0.717, 1.165) is 12.8 Å².